The van der Waals surface area contributed by atoms with Crippen LogP contribution >= 0.6 is 0 Å². The van der Waals surface area contributed by atoms with Crippen LogP contribution in [0, 0.1) is 6.92 Å². The summed E-state index contributed by atoms with van der Waals surface area (Å²) in [7, 11) is 0.332. The van der Waals surface area contributed by atoms with E-state index in [-0.39, 0.29) is 5.95 Å². The molecule has 0 spiro atoms. The van der Waals surface area contributed by atoms with E-state index in [1.807, 2.05) is 0 Å². The van der Waals surface area contributed by atoms with Gasteiger partial charge in [0.1, 0.15) is 0 Å². The van der Waals surface area contributed by atoms with Gasteiger partial charge in [0.25, 0.3) is 0 Å². The minimum atomic E-state index is 0.238. The van der Waals surface area contributed by atoms with Crippen LogP contribution in [0.3, 0.4) is 0 Å². The van der Waals surface area contributed by atoms with Gasteiger partial charge in [0, 0.05) is 0 Å². The Morgan fingerprint density at radius 1 is 1.67 bits per heavy atom. The molecule has 46 valence electrons. The molecular formula is C5H5BO3. The number of hydrogen-bond donors (Lipinski definition) is 0. The Morgan fingerprint density at radius 3 is 2.89 bits per heavy atom. The summed E-state index contributed by atoms with van der Waals surface area (Å²) in [6.45, 7) is 1.78. The summed E-state index contributed by atoms with van der Waals surface area (Å²) < 4.78 is 19.0. The number of furan rings is 1. The maximum atomic E-state index is 9.70. The van der Waals surface area contributed by atoms with E-state index < -0.39 is 0 Å². The van der Waals surface area contributed by atoms with E-state index in [4.69, 9.17) is 4.42 Å². The van der Waals surface area contributed by atoms with Crippen LogP contribution in [-0.4, -0.2) is 7.35 Å². The molecule has 0 fully saturated rings. The molecule has 0 saturated carbocycles. The second-order valence-corrected chi connectivity index (χ2v) is 1.58. The Morgan fingerprint density at radius 2 is 2.44 bits per heavy atom. The fourth-order valence-corrected chi connectivity index (χ4v) is 0.523. The van der Waals surface area contributed by atoms with Gasteiger partial charge >= 0.3 is 51.9 Å². The second-order valence-electron chi connectivity index (χ2n) is 1.58. The summed E-state index contributed by atoms with van der Waals surface area (Å²) in [5.41, 5.74) is 0. The Bertz CT molecular complexity index is 206. The molecule has 0 radical (unpaired) electrons. The molecule has 1 rings (SSSR count). The topological polar surface area (TPSA) is 39.4 Å². The molecule has 1 heterocycles. The summed E-state index contributed by atoms with van der Waals surface area (Å²) in [6, 6.07) is 3.31. The summed E-state index contributed by atoms with van der Waals surface area (Å²) >= 11 is 0. The zero-order valence-corrected chi connectivity index (χ0v) is 4.96. The molecule has 1 aromatic heterocycles. The van der Waals surface area contributed by atoms with Gasteiger partial charge in [0.15, 0.2) is 0 Å². The molecule has 4 heteroatoms. The normalized spacial score (nSPS) is 8.56. The molecule has 0 unspecified atom stereocenters. The first-order chi connectivity index (χ1) is 4.33. The standard InChI is InChI=1S/C5H5BO3/c1-4-2-3-5(8-4)9-6-7/h2-3H,1H3. The number of hydrogen-bond acceptors (Lipinski definition) is 3. The zero-order chi connectivity index (χ0) is 6.69. The van der Waals surface area contributed by atoms with Crippen LogP contribution in [-0.2, 0) is 4.70 Å². The fraction of sp³-hybridized carbons (Fsp3) is 0.200. The van der Waals surface area contributed by atoms with Crippen LogP contribution in [0.1, 0.15) is 5.76 Å². The Kier molecular flexibility index (Phi) is 1.67. The van der Waals surface area contributed by atoms with Crippen LogP contribution in [0.2, 0.25) is 0 Å². The fourth-order valence-electron chi connectivity index (χ4n) is 0.523. The van der Waals surface area contributed by atoms with Crippen molar-refractivity contribution in [1.82, 2.24) is 0 Å². The quantitative estimate of drug-likeness (QED) is 0.550. The van der Waals surface area contributed by atoms with Crippen LogP contribution in [0.4, 0.5) is 0 Å². The predicted octanol–water partition coefficient (Wildman–Crippen LogP) is 0.932. The van der Waals surface area contributed by atoms with Gasteiger partial charge in [-0.05, 0) is 0 Å². The van der Waals surface area contributed by atoms with E-state index in [2.05, 4.69) is 4.65 Å². The zero-order valence-electron chi connectivity index (χ0n) is 4.96. The molecule has 0 aliphatic carbocycles. The molecule has 9 heavy (non-hydrogen) atoms. The van der Waals surface area contributed by atoms with Gasteiger partial charge in [-0.1, -0.05) is 0 Å². The molecule has 0 amide bonds. The average molecular weight is 124 g/mol. The van der Waals surface area contributed by atoms with Crippen LogP contribution in [0.25, 0.3) is 0 Å². The second kappa shape index (κ2) is 2.48. The van der Waals surface area contributed by atoms with Crippen molar-refractivity contribution in [2.24, 2.45) is 0 Å². The first-order valence-electron chi connectivity index (χ1n) is 2.49. The Labute approximate surface area is 52.9 Å². The van der Waals surface area contributed by atoms with Gasteiger partial charge < -0.3 is 0 Å². The molecular weight excluding hydrogens is 119 g/mol. The summed E-state index contributed by atoms with van der Waals surface area (Å²) in [6.07, 6.45) is 0. The van der Waals surface area contributed by atoms with Crippen molar-refractivity contribution >= 4 is 7.35 Å². The van der Waals surface area contributed by atoms with Crippen molar-refractivity contribution in [2.75, 3.05) is 0 Å². The van der Waals surface area contributed by atoms with Gasteiger partial charge in [-0.25, -0.2) is 0 Å². The Balaban J connectivity index is 2.72. The molecule has 0 aliphatic rings. The van der Waals surface area contributed by atoms with Gasteiger partial charge in [0.05, 0.1) is 0 Å². The first kappa shape index (κ1) is 6.07. The van der Waals surface area contributed by atoms with Crippen molar-refractivity contribution in [3.05, 3.63) is 17.9 Å². The first-order valence-corrected chi connectivity index (χ1v) is 2.49. The van der Waals surface area contributed by atoms with Crippen molar-refractivity contribution < 1.29 is 13.8 Å². The number of aryl methyl sites for hydroxylation is 1. The third-order valence-electron chi connectivity index (χ3n) is 0.880. The van der Waals surface area contributed by atoms with Gasteiger partial charge in [-0.15, -0.1) is 0 Å². The molecule has 0 aliphatic heterocycles. The van der Waals surface area contributed by atoms with Crippen molar-refractivity contribution in [3.8, 4) is 5.95 Å². The van der Waals surface area contributed by atoms with Gasteiger partial charge in [-0.3, -0.25) is 0 Å². The Hall–Kier alpha value is -1.06. The van der Waals surface area contributed by atoms with Crippen molar-refractivity contribution in [2.45, 2.75) is 6.92 Å². The van der Waals surface area contributed by atoms with Crippen LogP contribution in [0.15, 0.2) is 16.5 Å². The summed E-state index contributed by atoms with van der Waals surface area (Å²) in [4.78, 5) is 0. The predicted molar refractivity (Wildman–Crippen MR) is 30.5 cm³/mol. The van der Waals surface area contributed by atoms with Gasteiger partial charge in [0.2, 0.25) is 0 Å². The van der Waals surface area contributed by atoms with E-state index in [1.54, 1.807) is 19.1 Å². The third kappa shape index (κ3) is 1.42. The van der Waals surface area contributed by atoms with E-state index in [0.717, 1.165) is 5.76 Å². The third-order valence-corrected chi connectivity index (χ3v) is 0.880. The van der Waals surface area contributed by atoms with E-state index in [0.29, 0.717) is 7.35 Å². The molecule has 0 saturated heterocycles. The number of rotatable bonds is 2. The van der Waals surface area contributed by atoms with Gasteiger partial charge in [-0.2, -0.15) is 0 Å². The molecule has 0 N–H and O–H groups in total. The van der Waals surface area contributed by atoms with Crippen molar-refractivity contribution in [1.29, 1.82) is 0 Å². The summed E-state index contributed by atoms with van der Waals surface area (Å²) in [5, 5.41) is 0. The van der Waals surface area contributed by atoms with E-state index >= 15 is 0 Å². The van der Waals surface area contributed by atoms with Crippen LogP contribution in [0.5, 0.6) is 5.95 Å². The molecule has 0 atom stereocenters. The minimum absolute atomic E-state index is 0.238. The molecule has 1 aromatic rings. The van der Waals surface area contributed by atoms with Crippen molar-refractivity contribution in [3.63, 3.8) is 0 Å². The molecule has 0 aromatic carbocycles. The monoisotopic (exact) mass is 124 g/mol. The maximum absolute atomic E-state index is 9.70. The SMILES string of the molecule is Cc1ccc(OB=O)o1. The van der Waals surface area contributed by atoms with E-state index in [1.165, 1.54) is 0 Å². The average Bonchev–Trinajstić information content (AvgIpc) is 2.17. The summed E-state index contributed by atoms with van der Waals surface area (Å²) in [5.74, 6) is 0.967. The molecule has 0 bridgehead atoms. The van der Waals surface area contributed by atoms with Crippen LogP contribution < -0.4 is 4.65 Å². The molecule has 3 nitrogen and oxygen atoms in total. The van der Waals surface area contributed by atoms with E-state index in [9.17, 15) is 4.70 Å².